The van der Waals surface area contributed by atoms with E-state index in [0.717, 1.165) is 29.0 Å². The first-order valence-corrected chi connectivity index (χ1v) is 7.69. The van der Waals surface area contributed by atoms with Crippen molar-refractivity contribution >= 4 is 17.4 Å². The maximum Gasteiger partial charge on any atom is 0.416 e. The summed E-state index contributed by atoms with van der Waals surface area (Å²) in [6.07, 6.45) is -1.20. The molecule has 2 heterocycles. The third-order valence-electron chi connectivity index (χ3n) is 3.79. The zero-order chi connectivity index (χ0) is 20.5. The molecule has 3 rings (SSSR count). The van der Waals surface area contributed by atoms with Gasteiger partial charge in [0.2, 0.25) is 0 Å². The minimum absolute atomic E-state index is 0.149. The Morgan fingerprint density at radius 1 is 1.36 bits per heavy atom. The first-order valence-electron chi connectivity index (χ1n) is 7.69. The monoisotopic (exact) mass is 395 g/mol. The Morgan fingerprint density at radius 3 is 2.71 bits per heavy atom. The van der Waals surface area contributed by atoms with Crippen molar-refractivity contribution in [1.82, 2.24) is 24.3 Å². The molecule has 1 N–H and O–H groups in total. The molecule has 0 aliphatic rings. The topological polar surface area (TPSA) is 121 Å². The number of rotatable bonds is 5. The summed E-state index contributed by atoms with van der Waals surface area (Å²) in [6, 6.07) is 2.74. The third kappa shape index (κ3) is 3.82. The molecule has 3 aromatic rings. The van der Waals surface area contributed by atoms with Crippen LogP contribution in [0, 0.1) is 17.0 Å². The molecule has 0 radical (unpaired) electrons. The number of nitrogens with zero attached hydrogens (tertiary/aromatic N) is 6. The summed E-state index contributed by atoms with van der Waals surface area (Å²) in [5.41, 5.74) is -1.00. The summed E-state index contributed by atoms with van der Waals surface area (Å²) < 4.78 is 41.4. The number of imidazole rings is 1. The number of nitrogens with one attached hydrogen (secondary N) is 1. The van der Waals surface area contributed by atoms with Crippen molar-refractivity contribution in [3.05, 3.63) is 58.6 Å². The van der Waals surface area contributed by atoms with E-state index in [2.05, 4.69) is 20.4 Å². The van der Waals surface area contributed by atoms with E-state index in [1.54, 1.807) is 0 Å². The Bertz CT molecular complexity index is 1030. The lowest BCUT2D eigenvalue weighted by Crippen LogP contribution is -2.22. The van der Waals surface area contributed by atoms with Crippen LogP contribution >= 0.6 is 0 Å². The van der Waals surface area contributed by atoms with Crippen LogP contribution in [-0.2, 0) is 17.5 Å². The molecule has 0 aliphatic heterocycles. The lowest BCUT2D eigenvalue weighted by Gasteiger charge is -2.14. The van der Waals surface area contributed by atoms with Crippen LogP contribution in [0.5, 0.6) is 0 Å². The number of carbonyl (C=O) groups excluding carboxylic acids is 1. The van der Waals surface area contributed by atoms with Crippen molar-refractivity contribution in [2.24, 2.45) is 0 Å². The van der Waals surface area contributed by atoms with Gasteiger partial charge in [-0.25, -0.2) is 19.2 Å². The quantitative estimate of drug-likeness (QED) is 0.523. The second-order valence-electron chi connectivity index (χ2n) is 5.62. The second kappa shape index (κ2) is 7.09. The number of halogens is 3. The molecule has 2 aromatic heterocycles. The van der Waals surface area contributed by atoms with E-state index < -0.39 is 34.9 Å². The zero-order valence-corrected chi connectivity index (χ0v) is 14.2. The number of alkyl halides is 3. The predicted molar refractivity (Wildman–Crippen MR) is 88.6 cm³/mol. The highest BCUT2D eigenvalue weighted by molar-refractivity contribution is 5.93. The fourth-order valence-corrected chi connectivity index (χ4v) is 2.48. The summed E-state index contributed by atoms with van der Waals surface area (Å²) in [7, 11) is 0. The third-order valence-corrected chi connectivity index (χ3v) is 3.79. The van der Waals surface area contributed by atoms with E-state index in [0.29, 0.717) is 0 Å². The van der Waals surface area contributed by atoms with Gasteiger partial charge in [-0.2, -0.15) is 18.3 Å². The smallest absolute Gasteiger partial charge is 0.358 e. The van der Waals surface area contributed by atoms with Gasteiger partial charge in [-0.05, 0) is 23.1 Å². The van der Waals surface area contributed by atoms with Gasteiger partial charge in [0.25, 0.3) is 5.91 Å². The van der Waals surface area contributed by atoms with E-state index in [-0.39, 0.29) is 17.2 Å². The number of anilines is 1. The van der Waals surface area contributed by atoms with Gasteiger partial charge >= 0.3 is 12.0 Å². The Balaban J connectivity index is 1.93. The average molecular weight is 395 g/mol. The molecule has 0 saturated carbocycles. The summed E-state index contributed by atoms with van der Waals surface area (Å²) in [5, 5.41) is 17.2. The molecule has 0 atom stereocenters. The van der Waals surface area contributed by atoms with Crippen LogP contribution in [0.1, 0.15) is 11.4 Å². The van der Waals surface area contributed by atoms with Crippen LogP contribution in [0.2, 0.25) is 0 Å². The number of carbonyl (C=O) groups is 1. The van der Waals surface area contributed by atoms with Crippen molar-refractivity contribution in [2.75, 3.05) is 5.32 Å². The average Bonchev–Trinajstić information content (AvgIpc) is 3.25. The highest BCUT2D eigenvalue weighted by Crippen LogP contribution is 2.33. The molecule has 146 valence electrons. The van der Waals surface area contributed by atoms with Crippen LogP contribution in [-0.4, -0.2) is 35.1 Å². The molecule has 0 unspecified atom stereocenters. The van der Waals surface area contributed by atoms with Gasteiger partial charge in [-0.3, -0.25) is 4.79 Å². The molecule has 0 fully saturated rings. The zero-order valence-electron chi connectivity index (χ0n) is 14.2. The van der Waals surface area contributed by atoms with E-state index in [1.165, 1.54) is 24.3 Å². The number of aromatic nitrogens is 5. The predicted octanol–water partition coefficient (Wildman–Crippen LogP) is 2.34. The normalized spacial score (nSPS) is 11.4. The van der Waals surface area contributed by atoms with Crippen LogP contribution < -0.4 is 5.32 Å². The molecule has 0 spiro atoms. The first kappa shape index (κ1) is 19.0. The highest BCUT2D eigenvalue weighted by Gasteiger charge is 2.31. The van der Waals surface area contributed by atoms with Crippen molar-refractivity contribution in [3.8, 4) is 5.69 Å². The fourth-order valence-electron chi connectivity index (χ4n) is 2.48. The van der Waals surface area contributed by atoms with Gasteiger partial charge in [0.1, 0.15) is 18.9 Å². The molecular weight excluding hydrogens is 383 g/mol. The number of amides is 1. The lowest BCUT2D eigenvalue weighted by atomic mass is 10.1. The summed E-state index contributed by atoms with van der Waals surface area (Å²) in [4.78, 5) is 30.2. The Kier molecular flexibility index (Phi) is 4.81. The van der Waals surface area contributed by atoms with Gasteiger partial charge in [0.05, 0.1) is 16.9 Å². The molecule has 1 amide bonds. The SMILES string of the molecule is Cc1ncc([N+](=O)[O-])n1CC(=O)Nc1cc(C(F)(F)F)ccc1-n1cncn1. The van der Waals surface area contributed by atoms with E-state index in [1.807, 2.05) is 0 Å². The minimum Gasteiger partial charge on any atom is -0.358 e. The largest absolute Gasteiger partial charge is 0.416 e. The molecule has 1 aromatic carbocycles. The van der Waals surface area contributed by atoms with Gasteiger partial charge in [0.15, 0.2) is 12.4 Å². The summed E-state index contributed by atoms with van der Waals surface area (Å²) in [6.45, 7) is 0.959. The number of aryl methyl sites for hydroxylation is 1. The Labute approximate surface area is 154 Å². The van der Waals surface area contributed by atoms with E-state index in [4.69, 9.17) is 0 Å². The number of nitro groups is 1. The maximum atomic E-state index is 13.0. The lowest BCUT2D eigenvalue weighted by molar-refractivity contribution is -0.392. The van der Waals surface area contributed by atoms with Crippen LogP contribution in [0.4, 0.5) is 24.7 Å². The van der Waals surface area contributed by atoms with Crippen molar-refractivity contribution in [3.63, 3.8) is 0 Å². The van der Waals surface area contributed by atoms with Crippen molar-refractivity contribution in [1.29, 1.82) is 0 Å². The van der Waals surface area contributed by atoms with Crippen molar-refractivity contribution < 1.29 is 22.9 Å². The molecule has 13 heteroatoms. The van der Waals surface area contributed by atoms with E-state index in [9.17, 15) is 28.1 Å². The molecule has 0 aliphatic carbocycles. The molecule has 0 bridgehead atoms. The number of hydrogen-bond acceptors (Lipinski definition) is 6. The van der Waals surface area contributed by atoms with Gasteiger partial charge in [-0.1, -0.05) is 0 Å². The Morgan fingerprint density at radius 2 is 2.11 bits per heavy atom. The number of hydrogen-bond donors (Lipinski definition) is 1. The molecular formula is C15H12F3N7O3. The number of benzene rings is 1. The molecule has 0 saturated heterocycles. The molecule has 10 nitrogen and oxygen atoms in total. The molecule has 28 heavy (non-hydrogen) atoms. The van der Waals surface area contributed by atoms with Crippen LogP contribution in [0.15, 0.2) is 37.1 Å². The van der Waals surface area contributed by atoms with Crippen molar-refractivity contribution in [2.45, 2.75) is 19.6 Å². The second-order valence-corrected chi connectivity index (χ2v) is 5.62. The minimum atomic E-state index is -4.62. The standard InChI is InChI=1S/C15H12F3N7O3/c1-9-20-5-14(25(27)28)23(9)6-13(26)22-11-4-10(15(16,17)18)2-3-12(11)24-8-19-7-21-24/h2-5,7-8H,6H2,1H3,(H,22,26). The Hall–Kier alpha value is -3.77. The van der Waals surface area contributed by atoms with Gasteiger partial charge in [0, 0.05) is 6.92 Å². The van der Waals surface area contributed by atoms with Gasteiger partial charge in [-0.15, -0.1) is 0 Å². The highest BCUT2D eigenvalue weighted by atomic mass is 19.4. The fraction of sp³-hybridized carbons (Fsp3) is 0.200. The van der Waals surface area contributed by atoms with Crippen LogP contribution in [0.3, 0.4) is 0 Å². The van der Waals surface area contributed by atoms with E-state index >= 15 is 0 Å². The summed E-state index contributed by atoms with van der Waals surface area (Å²) in [5.74, 6) is -0.972. The van der Waals surface area contributed by atoms with Gasteiger partial charge < -0.3 is 15.4 Å². The summed E-state index contributed by atoms with van der Waals surface area (Å²) >= 11 is 0. The van der Waals surface area contributed by atoms with Crippen LogP contribution in [0.25, 0.3) is 5.69 Å². The maximum absolute atomic E-state index is 13.0. The first-order chi connectivity index (χ1) is 13.2.